The van der Waals surface area contributed by atoms with E-state index in [1.54, 1.807) is 39.0 Å². The molecule has 4 N–H and O–H groups in total. The molecule has 0 fully saturated rings. The van der Waals surface area contributed by atoms with Crippen molar-refractivity contribution in [3.63, 3.8) is 0 Å². The number of likely N-dealkylation sites (N-methyl/N-ethyl adjacent to an activating group) is 2. The van der Waals surface area contributed by atoms with Crippen molar-refractivity contribution in [2.24, 2.45) is 0 Å². The van der Waals surface area contributed by atoms with Gasteiger partial charge in [-0.1, -0.05) is 26.0 Å². The fourth-order valence-corrected chi connectivity index (χ4v) is 3.67. The van der Waals surface area contributed by atoms with E-state index in [2.05, 4.69) is 0 Å². The van der Waals surface area contributed by atoms with Gasteiger partial charge < -0.3 is 25.2 Å². The second-order valence-electron chi connectivity index (χ2n) is 8.03. The number of benzene rings is 1. The first kappa shape index (κ1) is 29.8. The molecule has 1 aromatic carbocycles. The summed E-state index contributed by atoms with van der Waals surface area (Å²) in [5.74, 6) is -3.71. The zero-order valence-electron chi connectivity index (χ0n) is 20.1. The monoisotopic (exact) mass is 497 g/mol. The minimum Gasteiger partial charge on any atom is -0.482 e. The molecule has 0 saturated carbocycles. The van der Waals surface area contributed by atoms with Crippen LogP contribution in [0.4, 0.5) is 0 Å². The first-order valence-corrected chi connectivity index (χ1v) is 11.3. The first-order valence-electron chi connectivity index (χ1n) is 11.3. The Balaban J connectivity index is 3.04. The van der Waals surface area contributed by atoms with Gasteiger partial charge in [0.15, 0.2) is 6.61 Å². The Morgan fingerprint density at radius 1 is 0.771 bits per heavy atom. The summed E-state index contributed by atoms with van der Waals surface area (Å²) in [4.78, 5) is 49.8. The molecule has 0 aliphatic rings. The van der Waals surface area contributed by atoms with E-state index in [1.807, 2.05) is 13.8 Å². The normalized spacial score (nSPS) is 12.1. The van der Waals surface area contributed by atoms with Gasteiger partial charge in [0, 0.05) is 25.7 Å². The molecule has 0 aromatic heterocycles. The van der Waals surface area contributed by atoms with Crippen LogP contribution in [0.3, 0.4) is 0 Å². The van der Waals surface area contributed by atoms with E-state index in [9.17, 15) is 29.4 Å². The fraction of sp³-hybridized carbons (Fsp3) is 0.565. The maximum absolute atomic E-state index is 11.5. The predicted molar refractivity (Wildman–Crippen MR) is 126 cm³/mol. The largest absolute Gasteiger partial charge is 0.482 e. The van der Waals surface area contributed by atoms with E-state index in [1.165, 1.54) is 0 Å². The number of carboxylic acid groups (broad SMARTS) is 4. The maximum atomic E-state index is 11.5. The molecule has 0 bridgehead atoms. The lowest BCUT2D eigenvalue weighted by molar-refractivity contribution is -0.141. The topological polar surface area (TPSA) is 168 Å². The lowest BCUT2D eigenvalue weighted by atomic mass is 10.0. The van der Waals surface area contributed by atoms with Crippen LogP contribution < -0.4 is 4.74 Å². The number of ether oxygens (including phenoxy) is 1. The van der Waals surface area contributed by atoms with Gasteiger partial charge in [-0.05, 0) is 37.2 Å². The van der Waals surface area contributed by atoms with E-state index in [0.717, 1.165) is 5.56 Å². The molecule has 0 heterocycles. The van der Waals surface area contributed by atoms with Crippen LogP contribution in [0, 0.1) is 0 Å². The van der Waals surface area contributed by atoms with Gasteiger partial charge in [0.25, 0.3) is 0 Å². The van der Waals surface area contributed by atoms with Crippen molar-refractivity contribution < 1.29 is 44.3 Å². The Kier molecular flexibility index (Phi) is 13.3. The van der Waals surface area contributed by atoms with Gasteiger partial charge in [-0.25, -0.2) is 4.79 Å². The van der Waals surface area contributed by atoms with Gasteiger partial charge in [0.1, 0.15) is 5.75 Å². The van der Waals surface area contributed by atoms with Crippen LogP contribution >= 0.6 is 0 Å². The Morgan fingerprint density at radius 3 is 1.80 bits per heavy atom. The van der Waals surface area contributed by atoms with E-state index in [-0.39, 0.29) is 32.2 Å². The number of aliphatic carboxylic acids is 4. The summed E-state index contributed by atoms with van der Waals surface area (Å²) in [6.45, 7) is 4.37. The average molecular weight is 498 g/mol. The average Bonchev–Trinajstić information content (AvgIpc) is 2.78. The quantitative estimate of drug-likeness (QED) is 0.206. The van der Waals surface area contributed by atoms with E-state index < -0.39 is 30.5 Å². The first-order chi connectivity index (χ1) is 16.5. The Hall–Kier alpha value is -3.22. The zero-order valence-corrected chi connectivity index (χ0v) is 20.1. The second-order valence-corrected chi connectivity index (χ2v) is 8.03. The summed E-state index contributed by atoms with van der Waals surface area (Å²) >= 11 is 0. The number of hydrogen-bond donors (Lipinski definition) is 4. The predicted octanol–water partition coefficient (Wildman–Crippen LogP) is 0.261. The molecular weight excluding hydrogens is 462 g/mol. The molecule has 0 saturated heterocycles. The van der Waals surface area contributed by atoms with E-state index in [4.69, 9.17) is 14.9 Å². The van der Waals surface area contributed by atoms with Gasteiger partial charge in [0.05, 0.1) is 19.6 Å². The van der Waals surface area contributed by atoms with Gasteiger partial charge in [0.2, 0.25) is 0 Å². The second kappa shape index (κ2) is 15.6. The smallest absolute Gasteiger partial charge is 0.341 e. The molecule has 0 aliphatic carbocycles. The summed E-state index contributed by atoms with van der Waals surface area (Å²) in [6.07, 6.45) is 0.420. The van der Waals surface area contributed by atoms with Gasteiger partial charge in [-0.2, -0.15) is 0 Å². The molecule has 196 valence electrons. The fourth-order valence-electron chi connectivity index (χ4n) is 3.67. The van der Waals surface area contributed by atoms with Crippen molar-refractivity contribution in [3.8, 4) is 5.75 Å². The minimum absolute atomic E-state index is 0.156. The maximum Gasteiger partial charge on any atom is 0.341 e. The van der Waals surface area contributed by atoms with E-state index in [0.29, 0.717) is 38.3 Å². The van der Waals surface area contributed by atoms with Crippen molar-refractivity contribution in [1.82, 2.24) is 14.7 Å². The zero-order chi connectivity index (χ0) is 26.4. The molecule has 1 rings (SSSR count). The number of carbonyl (C=O) groups is 4. The Labute approximate surface area is 204 Å². The van der Waals surface area contributed by atoms with Crippen molar-refractivity contribution in [1.29, 1.82) is 0 Å². The van der Waals surface area contributed by atoms with Crippen molar-refractivity contribution in [3.05, 3.63) is 29.8 Å². The summed E-state index contributed by atoms with van der Waals surface area (Å²) in [7, 11) is 0. The van der Waals surface area contributed by atoms with Crippen molar-refractivity contribution in [2.75, 3.05) is 59.0 Å². The van der Waals surface area contributed by atoms with Crippen LogP contribution in [-0.2, 0) is 25.6 Å². The highest BCUT2D eigenvalue weighted by atomic mass is 16.5. The van der Waals surface area contributed by atoms with Gasteiger partial charge in [-0.15, -0.1) is 0 Å². The van der Waals surface area contributed by atoms with Crippen LogP contribution in [0.25, 0.3) is 0 Å². The van der Waals surface area contributed by atoms with Crippen LogP contribution in [0.1, 0.15) is 19.4 Å². The molecule has 12 nitrogen and oxygen atoms in total. The highest BCUT2D eigenvalue weighted by Gasteiger charge is 2.24. The van der Waals surface area contributed by atoms with Gasteiger partial charge >= 0.3 is 23.9 Å². The minimum atomic E-state index is -1.09. The molecule has 35 heavy (non-hydrogen) atoms. The summed E-state index contributed by atoms with van der Waals surface area (Å²) in [6, 6.07) is 6.43. The van der Waals surface area contributed by atoms with Crippen LogP contribution in [-0.4, -0.2) is 124 Å². The number of hydrogen-bond acceptors (Lipinski definition) is 8. The lowest BCUT2D eigenvalue weighted by Crippen LogP contribution is -2.49. The number of rotatable bonds is 19. The third-order valence-electron chi connectivity index (χ3n) is 5.38. The molecule has 0 amide bonds. The highest BCUT2D eigenvalue weighted by Crippen LogP contribution is 2.16. The molecular formula is C23H35N3O9. The molecule has 1 atom stereocenters. The van der Waals surface area contributed by atoms with Crippen LogP contribution in [0.2, 0.25) is 0 Å². The molecule has 1 aromatic rings. The van der Waals surface area contributed by atoms with Crippen molar-refractivity contribution >= 4 is 23.9 Å². The standard InChI is InChI=1S/C23H35N3O9/c1-3-24(13-20(27)28)9-10-25(14-21(29)30)12-18(26(4-2)15-22(31)32)11-17-5-7-19(8-6-17)35-16-23(33)34/h5-8,18H,3-4,9-16H2,1-2H3,(H,27,28)(H,29,30)(H,31,32)(H,33,34). The third-order valence-corrected chi connectivity index (χ3v) is 5.38. The Bertz CT molecular complexity index is 832. The highest BCUT2D eigenvalue weighted by molar-refractivity contribution is 5.70. The lowest BCUT2D eigenvalue weighted by Gasteiger charge is -2.34. The third kappa shape index (κ3) is 12.7. The Morgan fingerprint density at radius 2 is 1.31 bits per heavy atom. The van der Waals surface area contributed by atoms with Crippen LogP contribution in [0.15, 0.2) is 24.3 Å². The SMILES string of the molecule is CCN(CCN(CC(=O)O)CC(Cc1ccc(OCC(=O)O)cc1)N(CC)CC(=O)O)CC(=O)O. The summed E-state index contributed by atoms with van der Waals surface area (Å²) < 4.78 is 5.14. The van der Waals surface area contributed by atoms with Crippen molar-refractivity contribution in [2.45, 2.75) is 26.3 Å². The summed E-state index contributed by atoms with van der Waals surface area (Å²) in [5.41, 5.74) is 0.845. The van der Waals surface area contributed by atoms with Gasteiger partial charge in [-0.3, -0.25) is 29.1 Å². The van der Waals surface area contributed by atoms with Crippen LogP contribution in [0.5, 0.6) is 5.75 Å². The molecule has 0 spiro atoms. The number of carboxylic acids is 4. The molecule has 0 aliphatic heterocycles. The van der Waals surface area contributed by atoms with E-state index >= 15 is 0 Å². The molecule has 0 radical (unpaired) electrons. The summed E-state index contributed by atoms with van der Waals surface area (Å²) in [5, 5.41) is 36.6. The number of nitrogens with zero attached hydrogens (tertiary/aromatic N) is 3. The molecule has 1 unspecified atom stereocenters. The molecule has 12 heteroatoms.